The maximum absolute atomic E-state index is 16.3. The predicted molar refractivity (Wildman–Crippen MR) is 156 cm³/mol. The second kappa shape index (κ2) is 9.78. The molecule has 43 heavy (non-hydrogen) atoms. The van der Waals surface area contributed by atoms with Crippen LogP contribution in [0.5, 0.6) is 5.75 Å². The maximum atomic E-state index is 16.3. The Balaban J connectivity index is 1.24. The molecule has 0 saturated heterocycles. The molecule has 10 heteroatoms. The minimum Gasteiger partial charge on any atom is -0.510 e. The average Bonchev–Trinajstić information content (AvgIpc) is 2.93. The second-order valence-corrected chi connectivity index (χ2v) is 14.5. The summed E-state index contributed by atoms with van der Waals surface area (Å²) in [6, 6.07) is 0.620. The number of fused-ring (bicyclic) bond motifs is 3. The van der Waals surface area contributed by atoms with Gasteiger partial charge in [-0.3, -0.25) is 14.5 Å². The van der Waals surface area contributed by atoms with E-state index in [1.54, 1.807) is 19.0 Å². The number of ketones is 1. The number of nitrogens with zero attached hydrogens (tertiary/aromatic N) is 1. The number of methoxy groups -OCH3 is 1. The van der Waals surface area contributed by atoms with Crippen molar-refractivity contribution in [2.45, 2.75) is 81.5 Å². The summed E-state index contributed by atoms with van der Waals surface area (Å²) in [6.45, 7) is 0.276. The number of carbonyl (C=O) groups excluding carboxylic acids is 2. The van der Waals surface area contributed by atoms with Gasteiger partial charge in [-0.15, -0.1) is 0 Å². The molecule has 0 heterocycles. The number of rotatable bonds is 6. The van der Waals surface area contributed by atoms with Gasteiger partial charge in [-0.05, 0) is 95.2 Å². The molecule has 4 saturated carbocycles. The molecule has 0 unspecified atom stereocenters. The van der Waals surface area contributed by atoms with Crippen molar-refractivity contribution in [1.29, 1.82) is 0 Å². The van der Waals surface area contributed by atoms with E-state index in [4.69, 9.17) is 10.5 Å². The van der Waals surface area contributed by atoms with Gasteiger partial charge in [0.15, 0.2) is 5.78 Å². The number of phenols is 1. The molecular formula is C33H42FN3O6. The maximum Gasteiger partial charge on any atom is 0.248 e. The van der Waals surface area contributed by atoms with Gasteiger partial charge < -0.3 is 31.1 Å². The SMILES string of the molecule is CO[C@@]12CC(C(N)=O)=C(O)[C@@H](N(C)C)[C@@H]1C[C@@H]1Cc3c(F)c(CNC45CC6CC(CC(C6)C4)C5)cc(O)c3C(=O)C1=C2O. The topological polar surface area (TPSA) is 145 Å². The van der Waals surface area contributed by atoms with E-state index < -0.39 is 41.0 Å². The fourth-order valence-electron chi connectivity index (χ4n) is 10.5. The number of amides is 1. The fourth-order valence-corrected chi connectivity index (χ4v) is 10.5. The Labute approximate surface area is 251 Å². The average molecular weight is 596 g/mol. The largest absolute Gasteiger partial charge is 0.510 e. The molecule has 0 aliphatic heterocycles. The van der Waals surface area contributed by atoms with Crippen LogP contribution in [0.3, 0.4) is 0 Å². The zero-order chi connectivity index (χ0) is 30.6. The van der Waals surface area contributed by atoms with Crippen molar-refractivity contribution in [3.8, 4) is 5.75 Å². The van der Waals surface area contributed by atoms with Crippen LogP contribution in [0, 0.1) is 35.4 Å². The van der Waals surface area contributed by atoms with Crippen molar-refractivity contribution < 1.29 is 34.0 Å². The molecule has 9 nitrogen and oxygen atoms in total. The van der Waals surface area contributed by atoms with Crippen LogP contribution in [0.1, 0.15) is 72.9 Å². The van der Waals surface area contributed by atoms with Gasteiger partial charge in [0.2, 0.25) is 5.91 Å². The lowest BCUT2D eigenvalue weighted by Crippen LogP contribution is -2.60. The second-order valence-electron chi connectivity index (χ2n) is 14.5. The van der Waals surface area contributed by atoms with Crippen LogP contribution >= 0.6 is 0 Å². The number of nitrogens with two attached hydrogens (primary N) is 1. The highest BCUT2D eigenvalue weighted by atomic mass is 19.1. The van der Waals surface area contributed by atoms with E-state index in [-0.39, 0.29) is 70.9 Å². The number of Topliss-reactive ketones (excluding diaryl/α,β-unsaturated/α-hetero) is 1. The number of aliphatic hydroxyl groups excluding tert-OH is 2. The molecule has 6 N–H and O–H groups in total. The van der Waals surface area contributed by atoms with E-state index in [2.05, 4.69) is 5.32 Å². The number of carbonyl (C=O) groups is 2. The molecule has 8 rings (SSSR count). The number of ether oxygens (including phenoxy) is 1. The summed E-state index contributed by atoms with van der Waals surface area (Å²) in [5, 5.41) is 37.7. The van der Waals surface area contributed by atoms with E-state index in [9.17, 15) is 24.9 Å². The van der Waals surface area contributed by atoms with Gasteiger partial charge in [-0.2, -0.15) is 0 Å². The first-order chi connectivity index (χ1) is 20.4. The lowest BCUT2D eigenvalue weighted by Gasteiger charge is -2.57. The highest BCUT2D eigenvalue weighted by Crippen LogP contribution is 2.57. The molecule has 1 amide bonds. The van der Waals surface area contributed by atoms with Crippen LogP contribution < -0.4 is 11.1 Å². The summed E-state index contributed by atoms with van der Waals surface area (Å²) in [7, 11) is 4.87. The van der Waals surface area contributed by atoms with Crippen LogP contribution in [0.25, 0.3) is 0 Å². The lowest BCUT2D eigenvalue weighted by molar-refractivity contribution is -0.121. The van der Waals surface area contributed by atoms with Crippen LogP contribution in [0.4, 0.5) is 4.39 Å². The number of nitrogens with one attached hydrogen (secondary N) is 1. The van der Waals surface area contributed by atoms with E-state index in [1.807, 2.05) is 0 Å². The molecule has 0 radical (unpaired) electrons. The lowest BCUT2D eigenvalue weighted by atomic mass is 9.53. The summed E-state index contributed by atoms with van der Waals surface area (Å²) in [4.78, 5) is 28.0. The van der Waals surface area contributed by atoms with Crippen LogP contribution in [-0.2, 0) is 22.5 Å². The number of benzene rings is 1. The molecule has 7 aliphatic carbocycles. The molecule has 0 aromatic heterocycles. The fraction of sp³-hybridized carbons (Fsp3) is 0.636. The van der Waals surface area contributed by atoms with Gasteiger partial charge in [0.1, 0.15) is 28.7 Å². The van der Waals surface area contributed by atoms with Crippen LogP contribution in [-0.4, -0.2) is 70.3 Å². The smallest absolute Gasteiger partial charge is 0.248 e. The number of hydrogen-bond acceptors (Lipinski definition) is 8. The quantitative estimate of drug-likeness (QED) is 0.334. The highest BCUT2D eigenvalue weighted by molar-refractivity contribution is 6.13. The van der Waals surface area contributed by atoms with E-state index in [1.165, 1.54) is 32.4 Å². The molecule has 7 aliphatic rings. The van der Waals surface area contributed by atoms with E-state index in [0.717, 1.165) is 37.0 Å². The third-order valence-electron chi connectivity index (χ3n) is 11.9. The Morgan fingerprint density at radius 1 is 1.12 bits per heavy atom. The predicted octanol–water partition coefficient (Wildman–Crippen LogP) is 3.79. The van der Waals surface area contributed by atoms with Gasteiger partial charge in [0.25, 0.3) is 0 Å². The number of aliphatic hydroxyl groups is 2. The van der Waals surface area contributed by atoms with Gasteiger partial charge in [-0.1, -0.05) is 0 Å². The van der Waals surface area contributed by atoms with Crippen molar-refractivity contribution >= 4 is 11.7 Å². The summed E-state index contributed by atoms with van der Waals surface area (Å²) < 4.78 is 22.2. The third-order valence-corrected chi connectivity index (χ3v) is 11.9. The molecule has 1 aromatic carbocycles. The Bertz CT molecular complexity index is 1450. The van der Waals surface area contributed by atoms with Crippen molar-refractivity contribution in [2.75, 3.05) is 21.2 Å². The number of allylic oxidation sites excluding steroid dienone is 1. The first-order valence-corrected chi connectivity index (χ1v) is 15.6. The van der Waals surface area contributed by atoms with Crippen molar-refractivity contribution in [3.05, 3.63) is 51.2 Å². The molecule has 4 atom stereocenters. The van der Waals surface area contributed by atoms with E-state index >= 15 is 4.39 Å². The monoisotopic (exact) mass is 595 g/mol. The summed E-state index contributed by atoms with van der Waals surface area (Å²) in [5.41, 5.74) is 4.47. The molecule has 1 aromatic rings. The standard InChI is InChI=1S/C33H42FN3O6/c1-37(2)27-22-8-18-7-20-25(29(40)24(18)30(41)33(22,43-3)13-21(28(27)39)31(35)42)23(38)9-19(26(20)34)14-36-32-10-15-4-16(11-32)6-17(5-15)12-32/h9,15-18,22,27,36,38-39,41H,4-8,10-14H2,1-3H3,(H2,35,42)/t15?,16?,17?,18-,22-,27-,32?,33-/m0/s1. The Morgan fingerprint density at radius 3 is 2.30 bits per heavy atom. The Morgan fingerprint density at radius 2 is 1.74 bits per heavy atom. The molecule has 0 spiro atoms. The van der Waals surface area contributed by atoms with Crippen molar-refractivity contribution in [3.63, 3.8) is 0 Å². The minimum atomic E-state index is -1.50. The summed E-state index contributed by atoms with van der Waals surface area (Å²) in [5.74, 6) is -1.73. The zero-order valence-electron chi connectivity index (χ0n) is 25.1. The van der Waals surface area contributed by atoms with Gasteiger partial charge in [0, 0.05) is 48.2 Å². The van der Waals surface area contributed by atoms with Crippen LogP contribution in [0.15, 0.2) is 28.7 Å². The number of primary amides is 1. The molecule has 232 valence electrons. The normalized spacial score (nSPS) is 37.9. The first-order valence-electron chi connectivity index (χ1n) is 15.6. The van der Waals surface area contributed by atoms with Crippen molar-refractivity contribution in [2.24, 2.45) is 35.3 Å². The minimum absolute atomic E-state index is 0.0124. The Kier molecular flexibility index (Phi) is 6.55. The van der Waals surface area contributed by atoms with Gasteiger partial charge in [-0.25, -0.2) is 4.39 Å². The molecule has 4 fully saturated rings. The van der Waals surface area contributed by atoms with Gasteiger partial charge in [0.05, 0.1) is 17.2 Å². The highest BCUT2D eigenvalue weighted by Gasteiger charge is 2.60. The summed E-state index contributed by atoms with van der Waals surface area (Å²) >= 11 is 0. The van der Waals surface area contributed by atoms with E-state index in [0.29, 0.717) is 5.56 Å². The molecule has 4 bridgehead atoms. The Hall–Kier alpha value is -2.95. The number of aromatic hydroxyl groups is 1. The first kappa shape index (κ1) is 28.8. The van der Waals surface area contributed by atoms with Gasteiger partial charge >= 0.3 is 0 Å². The molecular weight excluding hydrogens is 553 g/mol. The zero-order valence-corrected chi connectivity index (χ0v) is 25.1. The number of phenolic OH excluding ortho intramolecular Hbond substituents is 1. The number of halogens is 1. The number of likely N-dealkylation sites (N-methyl/N-ethyl adjacent to an activating group) is 1. The van der Waals surface area contributed by atoms with Crippen molar-refractivity contribution in [1.82, 2.24) is 10.2 Å². The summed E-state index contributed by atoms with van der Waals surface area (Å²) in [6.07, 6.45) is 7.43. The third kappa shape index (κ3) is 4.12. The number of hydrogen-bond donors (Lipinski definition) is 5. The van der Waals surface area contributed by atoms with Crippen LogP contribution in [0.2, 0.25) is 0 Å².